The summed E-state index contributed by atoms with van der Waals surface area (Å²) < 4.78 is 0. The van der Waals surface area contributed by atoms with Crippen LogP contribution in [0.3, 0.4) is 0 Å². The molecule has 0 aliphatic carbocycles. The van der Waals surface area contributed by atoms with Crippen molar-refractivity contribution in [1.29, 1.82) is 0 Å². The average Bonchev–Trinajstić information content (AvgIpc) is 2.54. The van der Waals surface area contributed by atoms with Crippen LogP contribution in [-0.2, 0) is 4.79 Å². The number of benzene rings is 1. The van der Waals surface area contributed by atoms with Crippen molar-refractivity contribution in [2.45, 2.75) is 39.7 Å². The normalized spacial score (nSPS) is 15.7. The largest absolute Gasteiger partial charge is 0.339 e. The van der Waals surface area contributed by atoms with Crippen molar-refractivity contribution in [2.24, 2.45) is 5.92 Å². The molecule has 5 heteroatoms. The first-order valence-electron chi connectivity index (χ1n) is 8.38. The summed E-state index contributed by atoms with van der Waals surface area (Å²) in [6.45, 7) is 8.17. The highest BCUT2D eigenvalue weighted by Gasteiger charge is 2.21. The lowest BCUT2D eigenvalue weighted by atomic mass is 9.98. The van der Waals surface area contributed by atoms with E-state index < -0.39 is 0 Å². The van der Waals surface area contributed by atoms with Gasteiger partial charge in [0.1, 0.15) is 0 Å². The van der Waals surface area contributed by atoms with E-state index in [1.807, 2.05) is 18.7 Å². The maximum atomic E-state index is 12.4. The van der Waals surface area contributed by atoms with Gasteiger partial charge in [-0.25, -0.2) is 0 Å². The van der Waals surface area contributed by atoms with Crippen LogP contribution < -0.4 is 10.6 Å². The number of amides is 2. The molecule has 0 unspecified atom stereocenters. The molecule has 1 aromatic rings. The molecular formula is C18H27N3O2. The number of hydrogen-bond acceptors (Lipinski definition) is 3. The molecule has 1 saturated heterocycles. The zero-order chi connectivity index (χ0) is 16.8. The molecule has 0 bridgehead atoms. The summed E-state index contributed by atoms with van der Waals surface area (Å²) in [7, 11) is 0. The molecular weight excluding hydrogens is 290 g/mol. The molecule has 2 N–H and O–H groups in total. The molecule has 0 aromatic heterocycles. The fourth-order valence-electron chi connectivity index (χ4n) is 2.59. The summed E-state index contributed by atoms with van der Waals surface area (Å²) >= 11 is 0. The van der Waals surface area contributed by atoms with Crippen LogP contribution in [0.15, 0.2) is 24.3 Å². The van der Waals surface area contributed by atoms with Crippen molar-refractivity contribution >= 4 is 17.5 Å². The number of anilines is 1. The van der Waals surface area contributed by atoms with E-state index in [2.05, 4.69) is 17.6 Å². The molecule has 1 aromatic carbocycles. The van der Waals surface area contributed by atoms with Crippen molar-refractivity contribution in [1.82, 2.24) is 10.2 Å². The van der Waals surface area contributed by atoms with Crippen molar-refractivity contribution in [3.63, 3.8) is 0 Å². The van der Waals surface area contributed by atoms with E-state index in [0.717, 1.165) is 25.9 Å². The second-order valence-corrected chi connectivity index (χ2v) is 6.64. The smallest absolute Gasteiger partial charge is 0.253 e. The molecule has 0 saturated carbocycles. The predicted octanol–water partition coefficient (Wildman–Crippen LogP) is 2.50. The summed E-state index contributed by atoms with van der Waals surface area (Å²) in [5.41, 5.74) is 1.39. The second-order valence-electron chi connectivity index (χ2n) is 6.64. The molecule has 1 heterocycles. The van der Waals surface area contributed by atoms with E-state index in [4.69, 9.17) is 0 Å². The van der Waals surface area contributed by atoms with Crippen LogP contribution in [0.25, 0.3) is 0 Å². The summed E-state index contributed by atoms with van der Waals surface area (Å²) in [6, 6.07) is 7.41. The first kappa shape index (κ1) is 17.5. The summed E-state index contributed by atoms with van der Waals surface area (Å²) in [5.74, 6) is 0.704. The van der Waals surface area contributed by atoms with Gasteiger partial charge in [-0.2, -0.15) is 0 Å². The number of nitrogens with zero attached hydrogens (tertiary/aromatic N) is 1. The zero-order valence-corrected chi connectivity index (χ0v) is 14.3. The summed E-state index contributed by atoms with van der Waals surface area (Å²) in [5, 5.41) is 5.89. The maximum Gasteiger partial charge on any atom is 0.253 e. The van der Waals surface area contributed by atoms with Crippen LogP contribution in [0.4, 0.5) is 5.69 Å². The number of piperidine rings is 1. The lowest BCUT2D eigenvalue weighted by molar-refractivity contribution is -0.115. The molecule has 2 rings (SSSR count). The van der Waals surface area contributed by atoms with Gasteiger partial charge in [0.2, 0.25) is 5.91 Å². The zero-order valence-electron chi connectivity index (χ0n) is 14.3. The molecule has 1 aliphatic heterocycles. The Hall–Kier alpha value is -1.88. The quantitative estimate of drug-likeness (QED) is 0.877. The molecule has 23 heavy (non-hydrogen) atoms. The van der Waals surface area contributed by atoms with Crippen LogP contribution in [0.2, 0.25) is 0 Å². The number of nitrogens with one attached hydrogen (secondary N) is 2. The monoisotopic (exact) mass is 317 g/mol. The third-order valence-electron chi connectivity index (χ3n) is 4.16. The van der Waals surface area contributed by atoms with Crippen LogP contribution in [0.1, 0.15) is 44.0 Å². The Bertz CT molecular complexity index is 532. The number of carbonyl (C=O) groups is 2. The summed E-state index contributed by atoms with van der Waals surface area (Å²) in [6.07, 6.45) is 2.14. The number of carbonyl (C=O) groups excluding carboxylic acids is 2. The molecule has 2 amide bonds. The molecule has 1 aliphatic rings. The number of hydrogen-bond donors (Lipinski definition) is 2. The summed E-state index contributed by atoms with van der Waals surface area (Å²) in [4.78, 5) is 26.1. The minimum Gasteiger partial charge on any atom is -0.339 e. The van der Waals surface area contributed by atoms with Crippen molar-refractivity contribution in [3.8, 4) is 0 Å². The fourth-order valence-corrected chi connectivity index (χ4v) is 2.59. The third-order valence-corrected chi connectivity index (χ3v) is 4.16. The Morgan fingerprint density at radius 1 is 1.17 bits per heavy atom. The van der Waals surface area contributed by atoms with Gasteiger partial charge in [-0.3, -0.25) is 9.59 Å². The van der Waals surface area contributed by atoms with Gasteiger partial charge in [0.25, 0.3) is 5.91 Å². The molecule has 0 radical (unpaired) electrons. The van der Waals surface area contributed by atoms with E-state index in [1.54, 1.807) is 24.3 Å². The Balaban J connectivity index is 1.88. The van der Waals surface area contributed by atoms with Gasteiger partial charge in [0.15, 0.2) is 0 Å². The average molecular weight is 317 g/mol. The lowest BCUT2D eigenvalue weighted by Crippen LogP contribution is -2.37. The van der Waals surface area contributed by atoms with Crippen LogP contribution in [0.5, 0.6) is 0 Å². The molecule has 126 valence electrons. The van der Waals surface area contributed by atoms with Gasteiger partial charge in [0.05, 0.1) is 6.54 Å². The first-order valence-corrected chi connectivity index (χ1v) is 8.38. The minimum absolute atomic E-state index is 0.0799. The molecule has 0 spiro atoms. The van der Waals surface area contributed by atoms with E-state index in [-0.39, 0.29) is 24.4 Å². The molecule has 1 fully saturated rings. The topological polar surface area (TPSA) is 61.4 Å². The van der Waals surface area contributed by atoms with E-state index in [9.17, 15) is 9.59 Å². The second kappa shape index (κ2) is 8.11. The van der Waals surface area contributed by atoms with Crippen LogP contribution in [-0.4, -0.2) is 42.4 Å². The van der Waals surface area contributed by atoms with Crippen molar-refractivity contribution in [3.05, 3.63) is 29.8 Å². The van der Waals surface area contributed by atoms with Gasteiger partial charge < -0.3 is 15.5 Å². The SMILES string of the molecule is CC1CCN(C(=O)c2ccc(NC(=O)CNC(C)C)cc2)CC1. The van der Waals surface area contributed by atoms with Gasteiger partial charge in [-0.15, -0.1) is 0 Å². The van der Waals surface area contributed by atoms with Gasteiger partial charge >= 0.3 is 0 Å². The number of likely N-dealkylation sites (tertiary alicyclic amines) is 1. The van der Waals surface area contributed by atoms with E-state index in [0.29, 0.717) is 17.2 Å². The molecule has 5 nitrogen and oxygen atoms in total. The fraction of sp³-hybridized carbons (Fsp3) is 0.556. The van der Waals surface area contributed by atoms with Crippen molar-refractivity contribution in [2.75, 3.05) is 25.0 Å². The Kier molecular flexibility index (Phi) is 6.16. The highest BCUT2D eigenvalue weighted by Crippen LogP contribution is 2.19. The maximum absolute atomic E-state index is 12.4. The van der Waals surface area contributed by atoms with Crippen LogP contribution in [0, 0.1) is 5.92 Å². The van der Waals surface area contributed by atoms with Crippen LogP contribution >= 0.6 is 0 Å². The first-order chi connectivity index (χ1) is 11.0. The lowest BCUT2D eigenvalue weighted by Gasteiger charge is -2.30. The highest BCUT2D eigenvalue weighted by atomic mass is 16.2. The minimum atomic E-state index is -0.0807. The highest BCUT2D eigenvalue weighted by molar-refractivity contribution is 5.96. The Morgan fingerprint density at radius 3 is 2.35 bits per heavy atom. The Labute approximate surface area is 138 Å². The Morgan fingerprint density at radius 2 is 1.78 bits per heavy atom. The van der Waals surface area contributed by atoms with E-state index in [1.165, 1.54) is 0 Å². The van der Waals surface area contributed by atoms with Gasteiger partial charge in [-0.05, 0) is 43.0 Å². The van der Waals surface area contributed by atoms with Gasteiger partial charge in [-0.1, -0.05) is 20.8 Å². The standard InChI is InChI=1S/C18H27N3O2/c1-13(2)19-12-17(22)20-16-6-4-15(5-7-16)18(23)21-10-8-14(3)9-11-21/h4-7,13-14,19H,8-12H2,1-3H3,(H,20,22). The molecule has 0 atom stereocenters. The van der Waals surface area contributed by atoms with Crippen molar-refractivity contribution < 1.29 is 9.59 Å². The number of rotatable bonds is 5. The predicted molar refractivity (Wildman–Crippen MR) is 92.5 cm³/mol. The third kappa shape index (κ3) is 5.36. The van der Waals surface area contributed by atoms with E-state index >= 15 is 0 Å². The van der Waals surface area contributed by atoms with Gasteiger partial charge in [0, 0.05) is 30.4 Å².